The van der Waals surface area contributed by atoms with Gasteiger partial charge in [0.05, 0.1) is 0 Å². The Morgan fingerprint density at radius 2 is 1.71 bits per heavy atom. The van der Waals surface area contributed by atoms with E-state index in [0.29, 0.717) is 0 Å². The smallest absolute Gasteiger partial charge is 0.321 e. The minimum atomic E-state index is -0.965. The zero-order valence-electron chi connectivity index (χ0n) is 9.20. The van der Waals surface area contributed by atoms with Crippen molar-refractivity contribution in [1.82, 2.24) is 5.32 Å². The molecule has 0 aromatic rings. The first-order chi connectivity index (χ1) is 6.34. The maximum absolute atomic E-state index is 11.3. The van der Waals surface area contributed by atoms with Crippen LogP contribution in [0.5, 0.6) is 0 Å². The molecule has 0 aromatic carbocycles. The van der Waals surface area contributed by atoms with Crippen LogP contribution in [0.4, 0.5) is 0 Å². The predicted molar refractivity (Wildman–Crippen MR) is 54.2 cm³/mol. The summed E-state index contributed by atoms with van der Waals surface area (Å²) in [6.45, 7) is 7.26. The fourth-order valence-corrected chi connectivity index (χ4v) is 1.06. The monoisotopic (exact) mass is 201 g/mol. The van der Waals surface area contributed by atoms with Gasteiger partial charge in [-0.3, -0.25) is 9.59 Å². The largest absolute Gasteiger partial charge is 0.480 e. The zero-order valence-corrected chi connectivity index (χ0v) is 9.20. The maximum atomic E-state index is 11.3. The van der Waals surface area contributed by atoms with Crippen LogP contribution in [0.15, 0.2) is 0 Å². The normalized spacial score (nSPS) is 13.3. The van der Waals surface area contributed by atoms with Crippen LogP contribution in [0, 0.1) is 5.92 Å². The molecule has 4 nitrogen and oxygen atoms in total. The van der Waals surface area contributed by atoms with Gasteiger partial charge >= 0.3 is 5.97 Å². The van der Waals surface area contributed by atoms with E-state index in [1.54, 1.807) is 13.8 Å². The molecular weight excluding hydrogens is 182 g/mol. The Kier molecular flexibility index (Phi) is 5.38. The average molecular weight is 201 g/mol. The fourth-order valence-electron chi connectivity index (χ4n) is 1.06. The summed E-state index contributed by atoms with van der Waals surface area (Å²) >= 11 is 0. The summed E-state index contributed by atoms with van der Waals surface area (Å²) in [4.78, 5) is 22.1. The highest BCUT2D eigenvalue weighted by Crippen LogP contribution is 2.03. The number of nitrogens with one attached hydrogen (secondary N) is 1. The molecule has 0 radical (unpaired) electrons. The van der Waals surface area contributed by atoms with E-state index in [4.69, 9.17) is 5.11 Å². The van der Waals surface area contributed by atoms with E-state index in [1.165, 1.54) is 0 Å². The van der Waals surface area contributed by atoms with E-state index in [2.05, 4.69) is 5.32 Å². The predicted octanol–water partition coefficient (Wildman–Crippen LogP) is 1.05. The molecule has 1 atom stereocenters. The quantitative estimate of drug-likeness (QED) is 0.674. The number of hydrogen-bond donors (Lipinski definition) is 2. The molecule has 0 bridgehead atoms. The van der Waals surface area contributed by atoms with Gasteiger partial charge in [-0.15, -0.1) is 0 Å². The third kappa shape index (κ3) is 4.97. The lowest BCUT2D eigenvalue weighted by Gasteiger charge is -2.17. The lowest BCUT2D eigenvalue weighted by atomic mass is 10.0. The Morgan fingerprint density at radius 1 is 1.21 bits per heavy atom. The van der Waals surface area contributed by atoms with Crippen molar-refractivity contribution in [3.63, 3.8) is 0 Å². The number of ketones is 1. The van der Waals surface area contributed by atoms with Crippen molar-refractivity contribution in [1.29, 1.82) is 0 Å². The van der Waals surface area contributed by atoms with Crippen LogP contribution in [0.1, 0.15) is 34.1 Å². The number of Topliss-reactive ketones (excluding diaryl/α,β-unsaturated/α-hetero) is 1. The minimum absolute atomic E-state index is 0.0226. The molecule has 0 aliphatic rings. The lowest BCUT2D eigenvalue weighted by molar-refractivity contribution is -0.141. The highest BCUT2D eigenvalue weighted by Gasteiger charge is 2.22. The number of carboxylic acid groups (broad SMARTS) is 1. The van der Waals surface area contributed by atoms with E-state index < -0.39 is 12.0 Å². The highest BCUT2D eigenvalue weighted by atomic mass is 16.4. The third-order valence-corrected chi connectivity index (χ3v) is 1.88. The molecule has 0 amide bonds. The van der Waals surface area contributed by atoms with Gasteiger partial charge in [-0.25, -0.2) is 0 Å². The molecule has 0 rings (SSSR count). The Hall–Kier alpha value is -0.900. The first-order valence-corrected chi connectivity index (χ1v) is 4.86. The fraction of sp³-hybridized carbons (Fsp3) is 0.800. The summed E-state index contributed by atoms with van der Waals surface area (Å²) in [5.41, 5.74) is 0. The number of hydrogen-bond acceptors (Lipinski definition) is 3. The number of aliphatic carboxylic acids is 1. The average Bonchev–Trinajstić information content (AvgIpc) is 2.01. The molecule has 0 spiro atoms. The molecule has 82 valence electrons. The molecule has 0 saturated carbocycles. The molecule has 2 N–H and O–H groups in total. The molecule has 0 fully saturated rings. The molecule has 14 heavy (non-hydrogen) atoms. The van der Waals surface area contributed by atoms with Gasteiger partial charge in [0.1, 0.15) is 11.8 Å². The van der Waals surface area contributed by atoms with Gasteiger partial charge in [-0.2, -0.15) is 0 Å². The first kappa shape index (κ1) is 13.1. The topological polar surface area (TPSA) is 66.4 Å². The summed E-state index contributed by atoms with van der Waals surface area (Å²) in [6, 6.07) is -0.694. The summed E-state index contributed by atoms with van der Waals surface area (Å²) in [5.74, 6) is -1.09. The molecule has 0 aromatic heterocycles. The van der Waals surface area contributed by atoms with Crippen LogP contribution in [0.3, 0.4) is 0 Å². The third-order valence-electron chi connectivity index (χ3n) is 1.88. The van der Waals surface area contributed by atoms with Gasteiger partial charge in [-0.05, 0) is 0 Å². The van der Waals surface area contributed by atoms with Crippen molar-refractivity contribution in [3.8, 4) is 0 Å². The van der Waals surface area contributed by atoms with Gasteiger partial charge in [-0.1, -0.05) is 27.7 Å². The summed E-state index contributed by atoms with van der Waals surface area (Å²) in [6.07, 6.45) is 0.0607. The van der Waals surface area contributed by atoms with Crippen molar-refractivity contribution in [2.75, 3.05) is 0 Å². The Balaban J connectivity index is 4.23. The van der Waals surface area contributed by atoms with Crippen LogP contribution in [-0.4, -0.2) is 28.9 Å². The van der Waals surface area contributed by atoms with Crippen molar-refractivity contribution in [2.24, 2.45) is 5.92 Å². The molecular formula is C10H19NO3. The second-order valence-electron chi connectivity index (χ2n) is 4.04. The maximum Gasteiger partial charge on any atom is 0.321 e. The van der Waals surface area contributed by atoms with Crippen molar-refractivity contribution >= 4 is 11.8 Å². The van der Waals surface area contributed by atoms with Crippen molar-refractivity contribution in [2.45, 2.75) is 46.2 Å². The molecule has 0 aliphatic heterocycles. The molecule has 1 unspecified atom stereocenters. The van der Waals surface area contributed by atoms with Gasteiger partial charge in [0.2, 0.25) is 0 Å². The van der Waals surface area contributed by atoms with Gasteiger partial charge < -0.3 is 10.4 Å². The Morgan fingerprint density at radius 3 is 2.00 bits per heavy atom. The molecule has 0 aliphatic carbocycles. The second-order valence-corrected chi connectivity index (χ2v) is 4.04. The SMILES string of the molecule is CC(C)NC(CC(=O)C(C)C)C(=O)O. The zero-order chi connectivity index (χ0) is 11.3. The van der Waals surface area contributed by atoms with Gasteiger partial charge in [0.15, 0.2) is 0 Å². The Labute approximate surface area is 84.7 Å². The van der Waals surface area contributed by atoms with Crippen LogP contribution in [0.2, 0.25) is 0 Å². The summed E-state index contributed by atoms with van der Waals surface area (Å²) in [7, 11) is 0. The van der Waals surface area contributed by atoms with Gasteiger partial charge in [0, 0.05) is 18.4 Å². The van der Waals surface area contributed by atoms with E-state index in [1.807, 2.05) is 13.8 Å². The summed E-state index contributed by atoms with van der Waals surface area (Å²) < 4.78 is 0. The Bertz CT molecular complexity index is 211. The van der Waals surface area contributed by atoms with Crippen LogP contribution < -0.4 is 5.32 Å². The van der Waals surface area contributed by atoms with Crippen LogP contribution >= 0.6 is 0 Å². The number of carbonyl (C=O) groups excluding carboxylic acids is 1. The van der Waals surface area contributed by atoms with E-state index in [0.717, 1.165) is 0 Å². The molecule has 0 heterocycles. The molecule has 4 heteroatoms. The first-order valence-electron chi connectivity index (χ1n) is 4.86. The van der Waals surface area contributed by atoms with Crippen LogP contribution in [-0.2, 0) is 9.59 Å². The van der Waals surface area contributed by atoms with Gasteiger partial charge in [0.25, 0.3) is 0 Å². The standard InChI is InChI=1S/C10H19NO3/c1-6(2)9(12)5-8(10(13)14)11-7(3)4/h6-8,11H,5H2,1-4H3,(H,13,14). The number of rotatable bonds is 6. The van der Waals surface area contributed by atoms with Crippen LogP contribution in [0.25, 0.3) is 0 Å². The molecule has 0 saturated heterocycles. The lowest BCUT2D eigenvalue weighted by Crippen LogP contribution is -2.42. The summed E-state index contributed by atoms with van der Waals surface area (Å²) in [5, 5.41) is 11.7. The minimum Gasteiger partial charge on any atom is -0.480 e. The highest BCUT2D eigenvalue weighted by molar-refractivity contribution is 5.86. The van der Waals surface area contributed by atoms with E-state index in [9.17, 15) is 9.59 Å². The van der Waals surface area contributed by atoms with E-state index >= 15 is 0 Å². The van der Waals surface area contributed by atoms with E-state index in [-0.39, 0.29) is 24.2 Å². The number of carboxylic acids is 1. The van der Waals surface area contributed by atoms with Crippen molar-refractivity contribution < 1.29 is 14.7 Å². The number of carbonyl (C=O) groups is 2. The van der Waals surface area contributed by atoms with Crippen molar-refractivity contribution in [3.05, 3.63) is 0 Å². The second kappa shape index (κ2) is 5.75.